The number of hydrogen-bond acceptors (Lipinski definition) is 3. The van der Waals surface area contributed by atoms with Crippen LogP contribution in [0.25, 0.3) is 0 Å². The molecule has 1 heterocycles. The minimum Gasteiger partial charge on any atom is -0.493 e. The van der Waals surface area contributed by atoms with E-state index < -0.39 is 0 Å². The Hall–Kier alpha value is -0.840. The van der Waals surface area contributed by atoms with Crippen molar-refractivity contribution in [1.29, 1.82) is 0 Å². The molecular weight excluding hydrogens is 291 g/mol. The molecule has 1 N–H and O–H groups in total. The van der Waals surface area contributed by atoms with Crippen molar-refractivity contribution < 1.29 is 9.13 Å². The number of ether oxygens (including phenoxy) is 1. The van der Waals surface area contributed by atoms with Crippen molar-refractivity contribution in [3.63, 3.8) is 0 Å². The lowest BCUT2D eigenvalue weighted by Crippen LogP contribution is -2.45. The van der Waals surface area contributed by atoms with Crippen molar-refractivity contribution in [3.05, 3.63) is 29.6 Å². The Kier molecular flexibility index (Phi) is 7.43. The zero-order chi connectivity index (χ0) is 14.5. The Morgan fingerprint density at radius 3 is 2.52 bits per heavy atom. The molecule has 0 unspecified atom stereocenters. The van der Waals surface area contributed by atoms with E-state index in [0.717, 1.165) is 38.2 Å². The normalized spacial score (nSPS) is 17.4. The van der Waals surface area contributed by atoms with Gasteiger partial charge in [0.25, 0.3) is 0 Å². The molecule has 120 valence electrons. The number of para-hydroxylation sites is 1. The lowest BCUT2D eigenvalue weighted by atomic mass is 9.94. The number of nitrogens with one attached hydrogen (secondary N) is 1. The van der Waals surface area contributed by atoms with Gasteiger partial charge in [0.1, 0.15) is 0 Å². The van der Waals surface area contributed by atoms with Crippen LogP contribution in [0.15, 0.2) is 18.2 Å². The average molecular weight is 317 g/mol. The molecule has 0 aromatic heterocycles. The van der Waals surface area contributed by atoms with E-state index in [9.17, 15) is 4.39 Å². The van der Waals surface area contributed by atoms with Crippen LogP contribution in [0.3, 0.4) is 0 Å². The predicted octanol–water partition coefficient (Wildman–Crippen LogP) is 3.25. The number of hydrogen-bond donors (Lipinski definition) is 1. The molecule has 5 heteroatoms. The first-order valence-electron chi connectivity index (χ1n) is 7.40. The van der Waals surface area contributed by atoms with E-state index in [1.54, 1.807) is 13.2 Å². The first-order chi connectivity index (χ1) is 9.63. The summed E-state index contributed by atoms with van der Waals surface area (Å²) in [7, 11) is 1.55. The van der Waals surface area contributed by atoms with Crippen LogP contribution in [0.2, 0.25) is 0 Å². The third kappa shape index (κ3) is 4.56. The van der Waals surface area contributed by atoms with Crippen LogP contribution in [-0.4, -0.2) is 38.2 Å². The van der Waals surface area contributed by atoms with Gasteiger partial charge < -0.3 is 10.1 Å². The number of piperazine rings is 1. The van der Waals surface area contributed by atoms with Crippen LogP contribution < -0.4 is 10.1 Å². The van der Waals surface area contributed by atoms with Crippen molar-refractivity contribution in [1.82, 2.24) is 10.2 Å². The highest BCUT2D eigenvalue weighted by molar-refractivity contribution is 5.85. The Morgan fingerprint density at radius 1 is 1.29 bits per heavy atom. The minimum absolute atomic E-state index is 0. The zero-order valence-electron chi connectivity index (χ0n) is 13.1. The molecule has 1 aromatic carbocycles. The molecule has 1 atom stereocenters. The smallest absolute Gasteiger partial charge is 0.165 e. The monoisotopic (exact) mass is 316 g/mol. The van der Waals surface area contributed by atoms with Crippen LogP contribution in [0.1, 0.15) is 31.9 Å². The Bertz CT molecular complexity index is 436. The third-order valence-corrected chi connectivity index (χ3v) is 3.85. The Balaban J connectivity index is 0.00000220. The summed E-state index contributed by atoms with van der Waals surface area (Å²) in [4.78, 5) is 2.44. The second kappa shape index (κ2) is 8.57. The second-order valence-electron chi connectivity index (χ2n) is 5.79. The molecule has 0 aliphatic carbocycles. The maximum Gasteiger partial charge on any atom is 0.165 e. The quantitative estimate of drug-likeness (QED) is 0.902. The second-order valence-corrected chi connectivity index (χ2v) is 5.79. The van der Waals surface area contributed by atoms with Gasteiger partial charge in [-0.3, -0.25) is 4.90 Å². The molecule has 1 aliphatic rings. The van der Waals surface area contributed by atoms with Gasteiger partial charge in [0.2, 0.25) is 0 Å². The molecule has 1 aromatic rings. The fraction of sp³-hybridized carbons (Fsp3) is 0.625. The van der Waals surface area contributed by atoms with Gasteiger partial charge in [0, 0.05) is 37.8 Å². The van der Waals surface area contributed by atoms with Gasteiger partial charge >= 0.3 is 0 Å². The largest absolute Gasteiger partial charge is 0.493 e. The van der Waals surface area contributed by atoms with E-state index in [-0.39, 0.29) is 24.3 Å². The maximum absolute atomic E-state index is 14.0. The standard InChI is InChI=1S/C16H25FN2O.ClH/c1-12(2)11-15(19-9-7-18-8-10-19)13-5-4-6-14(17)16(13)20-3;/h4-6,12,15,18H,7-11H2,1-3H3;1H/t15-;/m1./s1. The van der Waals surface area contributed by atoms with Crippen LogP contribution >= 0.6 is 12.4 Å². The van der Waals surface area contributed by atoms with E-state index in [1.807, 2.05) is 6.07 Å². The maximum atomic E-state index is 14.0. The molecule has 0 spiro atoms. The summed E-state index contributed by atoms with van der Waals surface area (Å²) in [6.45, 7) is 8.40. The van der Waals surface area contributed by atoms with E-state index in [4.69, 9.17) is 4.74 Å². The van der Waals surface area contributed by atoms with Crippen molar-refractivity contribution in [2.24, 2.45) is 5.92 Å². The molecule has 21 heavy (non-hydrogen) atoms. The van der Waals surface area contributed by atoms with E-state index in [0.29, 0.717) is 11.7 Å². The van der Waals surface area contributed by atoms with E-state index in [1.165, 1.54) is 6.07 Å². The van der Waals surface area contributed by atoms with Crippen LogP contribution in [0.4, 0.5) is 4.39 Å². The summed E-state index contributed by atoms with van der Waals surface area (Å²) in [6.07, 6.45) is 1.01. The number of halogens is 2. The van der Waals surface area contributed by atoms with E-state index in [2.05, 4.69) is 24.1 Å². The summed E-state index contributed by atoms with van der Waals surface area (Å²) in [5.41, 5.74) is 0.975. The minimum atomic E-state index is -0.270. The SMILES string of the molecule is COc1c(F)cccc1[C@@H](CC(C)C)N1CCNCC1.Cl. The van der Waals surface area contributed by atoms with Gasteiger partial charge in [-0.15, -0.1) is 12.4 Å². The number of nitrogens with zero attached hydrogens (tertiary/aromatic N) is 1. The topological polar surface area (TPSA) is 24.5 Å². The van der Waals surface area contributed by atoms with Crippen molar-refractivity contribution in [2.75, 3.05) is 33.3 Å². The Morgan fingerprint density at radius 2 is 1.95 bits per heavy atom. The van der Waals surface area contributed by atoms with Gasteiger partial charge in [0.15, 0.2) is 11.6 Å². The van der Waals surface area contributed by atoms with Gasteiger partial charge in [-0.1, -0.05) is 26.0 Å². The van der Waals surface area contributed by atoms with Crippen molar-refractivity contribution >= 4 is 12.4 Å². The highest BCUT2D eigenvalue weighted by atomic mass is 35.5. The molecule has 1 saturated heterocycles. The Labute approximate surface area is 133 Å². The van der Waals surface area contributed by atoms with Gasteiger partial charge in [-0.05, 0) is 18.4 Å². The molecule has 0 radical (unpaired) electrons. The number of benzene rings is 1. The molecule has 0 amide bonds. The summed E-state index contributed by atoms with van der Waals surface area (Å²) >= 11 is 0. The van der Waals surface area contributed by atoms with Crippen molar-refractivity contribution in [2.45, 2.75) is 26.3 Å². The fourth-order valence-corrected chi connectivity index (χ4v) is 2.92. The summed E-state index contributed by atoms with van der Waals surface area (Å²) in [5, 5.41) is 3.37. The third-order valence-electron chi connectivity index (χ3n) is 3.85. The molecule has 1 aliphatic heterocycles. The fourth-order valence-electron chi connectivity index (χ4n) is 2.92. The summed E-state index contributed by atoms with van der Waals surface area (Å²) in [6, 6.07) is 5.47. The summed E-state index contributed by atoms with van der Waals surface area (Å²) in [5.74, 6) is 0.688. The number of rotatable bonds is 5. The highest BCUT2D eigenvalue weighted by Crippen LogP contribution is 2.35. The highest BCUT2D eigenvalue weighted by Gasteiger charge is 2.26. The zero-order valence-corrected chi connectivity index (χ0v) is 13.9. The van der Waals surface area contributed by atoms with Gasteiger partial charge in [-0.2, -0.15) is 0 Å². The lowest BCUT2D eigenvalue weighted by molar-refractivity contribution is 0.151. The predicted molar refractivity (Wildman–Crippen MR) is 86.8 cm³/mol. The summed E-state index contributed by atoms with van der Waals surface area (Å²) < 4.78 is 19.3. The molecule has 0 saturated carbocycles. The lowest BCUT2D eigenvalue weighted by Gasteiger charge is -2.36. The van der Waals surface area contributed by atoms with Gasteiger partial charge in [-0.25, -0.2) is 4.39 Å². The van der Waals surface area contributed by atoms with Crippen LogP contribution in [-0.2, 0) is 0 Å². The van der Waals surface area contributed by atoms with E-state index >= 15 is 0 Å². The molecule has 0 bridgehead atoms. The molecule has 3 nitrogen and oxygen atoms in total. The van der Waals surface area contributed by atoms with Gasteiger partial charge in [0.05, 0.1) is 7.11 Å². The van der Waals surface area contributed by atoms with Crippen LogP contribution in [0.5, 0.6) is 5.75 Å². The first kappa shape index (κ1) is 18.2. The molecule has 2 rings (SSSR count). The molecular formula is C16H26ClFN2O. The van der Waals surface area contributed by atoms with Crippen LogP contribution in [0, 0.1) is 11.7 Å². The average Bonchev–Trinajstić information content (AvgIpc) is 2.45. The van der Waals surface area contributed by atoms with Crippen molar-refractivity contribution in [3.8, 4) is 5.75 Å². The number of methoxy groups -OCH3 is 1. The first-order valence-corrected chi connectivity index (χ1v) is 7.40. The molecule has 1 fully saturated rings.